The van der Waals surface area contributed by atoms with Crippen LogP contribution in [-0.4, -0.2) is 27.8 Å². The number of rotatable bonds is 16. The van der Waals surface area contributed by atoms with E-state index in [0.717, 1.165) is 37.8 Å². The summed E-state index contributed by atoms with van der Waals surface area (Å²) in [7, 11) is -1.96. The van der Waals surface area contributed by atoms with Crippen molar-refractivity contribution in [1.82, 2.24) is 4.72 Å². The Hall–Kier alpha value is -1.40. The van der Waals surface area contributed by atoms with Crippen LogP contribution in [0.1, 0.15) is 102 Å². The first kappa shape index (κ1) is 26.8. The molecular formula is C26H44N2O3S. The lowest BCUT2D eigenvalue weighted by molar-refractivity contribution is 0.208. The lowest BCUT2D eigenvalue weighted by Gasteiger charge is -2.23. The highest BCUT2D eigenvalue weighted by Crippen LogP contribution is 2.22. The van der Waals surface area contributed by atoms with Crippen molar-refractivity contribution in [3.05, 3.63) is 29.8 Å². The molecular weight excluding hydrogens is 420 g/mol. The molecule has 1 aliphatic rings. The summed E-state index contributed by atoms with van der Waals surface area (Å²) in [6.45, 7) is 2.64. The van der Waals surface area contributed by atoms with Crippen molar-refractivity contribution < 1.29 is 13.3 Å². The van der Waals surface area contributed by atoms with Gasteiger partial charge in [0.15, 0.2) is 0 Å². The Kier molecular flexibility index (Phi) is 13.0. The zero-order chi connectivity index (χ0) is 23.1. The predicted octanol–water partition coefficient (Wildman–Crippen LogP) is 6.62. The second-order valence-corrected chi connectivity index (χ2v) is 10.9. The third-order valence-corrected chi connectivity index (χ3v) is 7.93. The summed E-state index contributed by atoms with van der Waals surface area (Å²) >= 11 is 0. The Balaban J connectivity index is 1.68. The van der Waals surface area contributed by atoms with E-state index in [0.29, 0.717) is 11.4 Å². The first-order valence-electron chi connectivity index (χ1n) is 12.8. The molecule has 0 radical (unpaired) electrons. The fourth-order valence-electron chi connectivity index (χ4n) is 4.47. The number of oxime groups is 1. The van der Waals surface area contributed by atoms with Gasteiger partial charge < -0.3 is 4.84 Å². The standard InChI is InChI=1S/C26H44N2O3S/c1-3-4-5-6-7-8-9-10-11-12-15-23-18-20-25(21-19-23)32(29,30)27-22-24-16-13-14-17-26(24)28-31-2/h18-21,24,27H,3-17,22H2,1-2H3/b28-26+. The Morgan fingerprint density at radius 2 is 1.56 bits per heavy atom. The van der Waals surface area contributed by atoms with Crippen LogP contribution in [0.3, 0.4) is 0 Å². The molecule has 1 N–H and O–H groups in total. The topological polar surface area (TPSA) is 67.8 Å². The Morgan fingerprint density at radius 1 is 0.938 bits per heavy atom. The van der Waals surface area contributed by atoms with E-state index >= 15 is 0 Å². The number of unbranched alkanes of at least 4 members (excludes halogenated alkanes) is 9. The van der Waals surface area contributed by atoms with Gasteiger partial charge in [-0.25, -0.2) is 13.1 Å². The number of benzene rings is 1. The molecule has 2 rings (SSSR count). The number of hydrogen-bond donors (Lipinski definition) is 1. The van der Waals surface area contributed by atoms with Crippen LogP contribution in [0.25, 0.3) is 0 Å². The number of aryl methyl sites for hydroxylation is 1. The van der Waals surface area contributed by atoms with Crippen LogP contribution < -0.4 is 4.72 Å². The van der Waals surface area contributed by atoms with E-state index in [1.54, 1.807) is 19.2 Å². The third kappa shape index (κ3) is 10.0. The molecule has 1 fully saturated rings. The van der Waals surface area contributed by atoms with Crippen LogP contribution in [-0.2, 0) is 21.3 Å². The maximum atomic E-state index is 12.7. The minimum atomic E-state index is -3.50. The van der Waals surface area contributed by atoms with E-state index in [2.05, 4.69) is 16.8 Å². The first-order chi connectivity index (χ1) is 15.6. The normalized spacial score (nSPS) is 18.2. The van der Waals surface area contributed by atoms with E-state index in [4.69, 9.17) is 4.84 Å². The number of nitrogens with one attached hydrogen (secondary N) is 1. The molecule has 1 saturated carbocycles. The molecule has 0 aromatic heterocycles. The van der Waals surface area contributed by atoms with Crippen LogP contribution in [0.5, 0.6) is 0 Å². The molecule has 0 amide bonds. The minimum absolute atomic E-state index is 0.120. The second-order valence-electron chi connectivity index (χ2n) is 9.14. The molecule has 0 saturated heterocycles. The fraction of sp³-hybridized carbons (Fsp3) is 0.731. The highest BCUT2D eigenvalue weighted by molar-refractivity contribution is 7.89. The van der Waals surface area contributed by atoms with Crippen LogP contribution >= 0.6 is 0 Å². The summed E-state index contributed by atoms with van der Waals surface area (Å²) in [5, 5.41) is 4.10. The molecule has 5 nitrogen and oxygen atoms in total. The molecule has 1 aliphatic carbocycles. The van der Waals surface area contributed by atoms with Crippen molar-refractivity contribution in [2.75, 3.05) is 13.7 Å². The average Bonchev–Trinajstić information content (AvgIpc) is 2.80. The summed E-state index contributed by atoms with van der Waals surface area (Å²) < 4.78 is 28.2. The summed E-state index contributed by atoms with van der Waals surface area (Å²) in [5.41, 5.74) is 2.18. The van der Waals surface area contributed by atoms with Crippen LogP contribution in [0, 0.1) is 5.92 Å². The maximum absolute atomic E-state index is 12.7. The molecule has 32 heavy (non-hydrogen) atoms. The largest absolute Gasteiger partial charge is 0.399 e. The molecule has 0 aliphatic heterocycles. The Morgan fingerprint density at radius 3 is 2.19 bits per heavy atom. The van der Waals surface area contributed by atoms with Gasteiger partial charge in [0.1, 0.15) is 7.11 Å². The van der Waals surface area contributed by atoms with Crippen molar-refractivity contribution in [2.24, 2.45) is 11.1 Å². The molecule has 182 valence electrons. The monoisotopic (exact) mass is 464 g/mol. The van der Waals surface area contributed by atoms with Gasteiger partial charge in [0.25, 0.3) is 0 Å². The summed E-state index contributed by atoms with van der Waals surface area (Å²) in [6.07, 6.45) is 18.3. The van der Waals surface area contributed by atoms with Crippen LogP contribution in [0.15, 0.2) is 34.3 Å². The zero-order valence-corrected chi connectivity index (χ0v) is 21.1. The summed E-state index contributed by atoms with van der Waals surface area (Å²) in [6, 6.07) is 7.39. The van der Waals surface area contributed by atoms with Crippen LogP contribution in [0.2, 0.25) is 0 Å². The lowest BCUT2D eigenvalue weighted by Crippen LogP contribution is -2.34. The number of sulfonamides is 1. The Labute approximate surface area is 196 Å². The van der Waals surface area contributed by atoms with E-state index in [-0.39, 0.29) is 5.92 Å². The molecule has 6 heteroatoms. The number of hydrogen-bond acceptors (Lipinski definition) is 4. The first-order valence-corrected chi connectivity index (χ1v) is 14.2. The lowest BCUT2D eigenvalue weighted by atomic mass is 9.87. The van der Waals surface area contributed by atoms with Gasteiger partial charge in [-0.1, -0.05) is 88.4 Å². The molecule has 1 aromatic carbocycles. The molecule has 1 unspecified atom stereocenters. The van der Waals surface area contributed by atoms with Gasteiger partial charge >= 0.3 is 0 Å². The molecule has 0 bridgehead atoms. The van der Waals surface area contributed by atoms with Crippen molar-refractivity contribution in [3.8, 4) is 0 Å². The van der Waals surface area contributed by atoms with Gasteiger partial charge in [-0.05, 0) is 49.8 Å². The summed E-state index contributed by atoms with van der Waals surface area (Å²) in [5.74, 6) is 0.120. The molecule has 0 spiro atoms. The van der Waals surface area contributed by atoms with Gasteiger partial charge in [-0.3, -0.25) is 0 Å². The maximum Gasteiger partial charge on any atom is 0.240 e. The van der Waals surface area contributed by atoms with Gasteiger partial charge in [0.05, 0.1) is 10.6 Å². The van der Waals surface area contributed by atoms with Crippen molar-refractivity contribution >= 4 is 15.7 Å². The van der Waals surface area contributed by atoms with Crippen LogP contribution in [0.4, 0.5) is 0 Å². The minimum Gasteiger partial charge on any atom is -0.399 e. The Bertz CT molecular complexity index is 760. The van der Waals surface area contributed by atoms with E-state index in [9.17, 15) is 8.42 Å². The molecule has 1 aromatic rings. The molecule has 1 atom stereocenters. The van der Waals surface area contributed by atoms with Crippen molar-refractivity contribution in [2.45, 2.75) is 108 Å². The van der Waals surface area contributed by atoms with E-state index in [1.165, 1.54) is 69.8 Å². The highest BCUT2D eigenvalue weighted by atomic mass is 32.2. The van der Waals surface area contributed by atoms with Crippen molar-refractivity contribution in [3.63, 3.8) is 0 Å². The molecule has 0 heterocycles. The smallest absolute Gasteiger partial charge is 0.240 e. The number of nitrogens with zero attached hydrogens (tertiary/aromatic N) is 1. The van der Waals surface area contributed by atoms with Gasteiger partial charge in [-0.15, -0.1) is 0 Å². The predicted molar refractivity (Wildman–Crippen MR) is 134 cm³/mol. The highest BCUT2D eigenvalue weighted by Gasteiger charge is 2.24. The quantitative estimate of drug-likeness (QED) is 0.221. The van der Waals surface area contributed by atoms with Gasteiger partial charge in [0, 0.05) is 12.5 Å². The summed E-state index contributed by atoms with van der Waals surface area (Å²) in [4.78, 5) is 5.27. The van der Waals surface area contributed by atoms with Gasteiger partial charge in [0.2, 0.25) is 10.0 Å². The zero-order valence-electron chi connectivity index (χ0n) is 20.3. The van der Waals surface area contributed by atoms with Gasteiger partial charge in [-0.2, -0.15) is 0 Å². The second kappa shape index (κ2) is 15.4. The van der Waals surface area contributed by atoms with E-state index in [1.807, 2.05) is 12.1 Å². The van der Waals surface area contributed by atoms with Crippen molar-refractivity contribution in [1.29, 1.82) is 0 Å². The third-order valence-electron chi connectivity index (χ3n) is 6.49. The van der Waals surface area contributed by atoms with E-state index < -0.39 is 10.0 Å². The SMILES string of the molecule is CCCCCCCCCCCCc1ccc(S(=O)(=O)NCC2CCCC/C2=N\OC)cc1. The fourth-order valence-corrected chi connectivity index (χ4v) is 5.55. The average molecular weight is 465 g/mol.